The van der Waals surface area contributed by atoms with Crippen LogP contribution in [0.3, 0.4) is 0 Å². The lowest BCUT2D eigenvalue weighted by molar-refractivity contribution is 0.0988. The van der Waals surface area contributed by atoms with Gasteiger partial charge in [0.25, 0.3) is 0 Å². The number of aryl methyl sites for hydroxylation is 1. The smallest absolute Gasteiger partial charge is 0.186 e. The molecule has 0 aliphatic carbocycles. The second kappa shape index (κ2) is 5.84. The fraction of sp³-hybridized carbons (Fsp3) is 0.286. The first-order chi connectivity index (χ1) is 9.13. The van der Waals surface area contributed by atoms with Crippen molar-refractivity contribution in [1.29, 1.82) is 0 Å². The quantitative estimate of drug-likeness (QED) is 0.788. The Morgan fingerprint density at radius 1 is 1.26 bits per heavy atom. The molecule has 4 nitrogen and oxygen atoms in total. The first-order valence-corrected chi connectivity index (χ1v) is 6.68. The molecule has 100 valence electrons. The molecule has 0 spiro atoms. The number of carbonyl (C=O) groups excluding carboxylic acids is 1. The summed E-state index contributed by atoms with van der Waals surface area (Å²) in [5.41, 5.74) is 1.41. The molecule has 2 aromatic rings. The molecule has 0 bridgehead atoms. The Hall–Kier alpha value is -1.88. The molecule has 5 heteroatoms. The molecule has 0 saturated carbocycles. The Kier molecular flexibility index (Phi) is 4.16. The summed E-state index contributed by atoms with van der Waals surface area (Å²) < 4.78 is 10.4. The molecule has 0 amide bonds. The van der Waals surface area contributed by atoms with Crippen LogP contribution in [0.1, 0.15) is 21.1 Å². The van der Waals surface area contributed by atoms with Gasteiger partial charge in [-0.15, -0.1) is 11.3 Å². The predicted octanol–water partition coefficient (Wildman–Crippen LogP) is 2.89. The van der Waals surface area contributed by atoms with Crippen molar-refractivity contribution in [3.63, 3.8) is 0 Å². The maximum Gasteiger partial charge on any atom is 0.186 e. The number of aromatic nitrogens is 1. The number of hydrogen-bond acceptors (Lipinski definition) is 5. The van der Waals surface area contributed by atoms with E-state index in [9.17, 15) is 4.79 Å². The van der Waals surface area contributed by atoms with E-state index in [4.69, 9.17) is 9.47 Å². The number of methoxy groups -OCH3 is 2. The van der Waals surface area contributed by atoms with Gasteiger partial charge in [0.2, 0.25) is 0 Å². The lowest BCUT2D eigenvalue weighted by Crippen LogP contribution is -2.04. The molecule has 0 aliphatic rings. The summed E-state index contributed by atoms with van der Waals surface area (Å²) in [5.74, 6) is 1.29. The summed E-state index contributed by atoms with van der Waals surface area (Å²) in [4.78, 5) is 16.2. The number of benzene rings is 1. The lowest BCUT2D eigenvalue weighted by Gasteiger charge is -2.08. The van der Waals surface area contributed by atoms with E-state index in [0.29, 0.717) is 23.6 Å². The zero-order valence-electron chi connectivity index (χ0n) is 11.1. The van der Waals surface area contributed by atoms with E-state index in [-0.39, 0.29) is 5.78 Å². The van der Waals surface area contributed by atoms with Crippen molar-refractivity contribution in [2.24, 2.45) is 0 Å². The van der Waals surface area contributed by atoms with E-state index in [1.165, 1.54) is 11.3 Å². The Balaban J connectivity index is 2.17. The molecular weight excluding hydrogens is 262 g/mol. The van der Waals surface area contributed by atoms with Gasteiger partial charge in [0.05, 0.1) is 19.2 Å². The number of thiazole rings is 1. The highest BCUT2D eigenvalue weighted by Crippen LogP contribution is 2.28. The highest BCUT2D eigenvalue weighted by molar-refractivity contribution is 7.09. The number of Topliss-reactive ketones (excluding diaryl/α,β-unsaturated/α-hetero) is 1. The summed E-state index contributed by atoms with van der Waals surface area (Å²) >= 11 is 1.48. The maximum absolute atomic E-state index is 12.1. The summed E-state index contributed by atoms with van der Waals surface area (Å²) in [6, 6.07) is 5.47. The van der Waals surface area contributed by atoms with E-state index in [1.807, 2.05) is 19.1 Å². The minimum absolute atomic E-state index is 0.0107. The predicted molar refractivity (Wildman–Crippen MR) is 74.4 cm³/mol. The SMILES string of the molecule is COc1ccc(CC(=O)c2csc(C)n2)cc1OC. The molecule has 1 aromatic carbocycles. The van der Waals surface area contributed by atoms with Crippen molar-refractivity contribution in [3.05, 3.63) is 39.8 Å². The highest BCUT2D eigenvalue weighted by Gasteiger charge is 2.12. The Bertz CT molecular complexity index is 592. The Morgan fingerprint density at radius 2 is 2.00 bits per heavy atom. The highest BCUT2D eigenvalue weighted by atomic mass is 32.1. The standard InChI is InChI=1S/C14H15NO3S/c1-9-15-11(8-19-9)12(16)6-10-4-5-13(17-2)14(7-10)18-3/h4-5,7-8H,6H2,1-3H3. The minimum Gasteiger partial charge on any atom is -0.493 e. The van der Waals surface area contributed by atoms with Crippen LogP contribution >= 0.6 is 11.3 Å². The van der Waals surface area contributed by atoms with Gasteiger partial charge in [-0.2, -0.15) is 0 Å². The molecule has 0 atom stereocenters. The van der Waals surface area contributed by atoms with Crippen LogP contribution in [0.2, 0.25) is 0 Å². The summed E-state index contributed by atoms with van der Waals surface area (Å²) in [5, 5.41) is 2.69. The fourth-order valence-corrected chi connectivity index (χ4v) is 2.38. The third-order valence-electron chi connectivity index (χ3n) is 2.72. The molecular formula is C14H15NO3S. The van der Waals surface area contributed by atoms with Gasteiger partial charge in [-0.1, -0.05) is 6.07 Å². The maximum atomic E-state index is 12.1. The molecule has 0 radical (unpaired) electrons. The normalized spacial score (nSPS) is 10.3. The van der Waals surface area contributed by atoms with Gasteiger partial charge in [-0.3, -0.25) is 4.79 Å². The zero-order chi connectivity index (χ0) is 13.8. The van der Waals surface area contributed by atoms with Crippen molar-refractivity contribution in [3.8, 4) is 11.5 Å². The summed E-state index contributed by atoms with van der Waals surface area (Å²) in [6.07, 6.45) is 0.309. The van der Waals surface area contributed by atoms with Gasteiger partial charge in [0, 0.05) is 11.8 Å². The molecule has 19 heavy (non-hydrogen) atoms. The van der Waals surface area contributed by atoms with Crippen molar-refractivity contribution >= 4 is 17.1 Å². The van der Waals surface area contributed by atoms with Crippen molar-refractivity contribution in [1.82, 2.24) is 4.98 Å². The molecule has 0 N–H and O–H groups in total. The first-order valence-electron chi connectivity index (χ1n) is 5.80. The number of carbonyl (C=O) groups is 1. The molecule has 1 aromatic heterocycles. The van der Waals surface area contributed by atoms with Crippen LogP contribution in [0.25, 0.3) is 0 Å². The second-order valence-electron chi connectivity index (χ2n) is 4.04. The van der Waals surface area contributed by atoms with Gasteiger partial charge in [-0.05, 0) is 24.6 Å². The summed E-state index contributed by atoms with van der Waals surface area (Å²) in [7, 11) is 3.16. The largest absolute Gasteiger partial charge is 0.493 e. The van der Waals surface area contributed by atoms with E-state index in [0.717, 1.165) is 10.6 Å². The van der Waals surface area contributed by atoms with Crippen LogP contribution in [0, 0.1) is 6.92 Å². The van der Waals surface area contributed by atoms with E-state index in [2.05, 4.69) is 4.98 Å². The topological polar surface area (TPSA) is 48.4 Å². The summed E-state index contributed by atoms with van der Waals surface area (Å²) in [6.45, 7) is 1.89. The minimum atomic E-state index is 0.0107. The van der Waals surface area contributed by atoms with Gasteiger partial charge in [0.15, 0.2) is 17.3 Å². The molecule has 0 fully saturated rings. The molecule has 2 rings (SSSR count). The Labute approximate surface area is 116 Å². The average molecular weight is 277 g/mol. The number of hydrogen-bond donors (Lipinski definition) is 0. The third kappa shape index (κ3) is 3.12. The molecule has 0 aliphatic heterocycles. The molecule has 0 saturated heterocycles. The molecule has 0 unspecified atom stereocenters. The Morgan fingerprint density at radius 3 is 2.58 bits per heavy atom. The fourth-order valence-electron chi connectivity index (χ4n) is 1.76. The zero-order valence-corrected chi connectivity index (χ0v) is 11.9. The van der Waals surface area contributed by atoms with Gasteiger partial charge in [0.1, 0.15) is 5.69 Å². The average Bonchev–Trinajstić information content (AvgIpc) is 2.85. The third-order valence-corrected chi connectivity index (χ3v) is 3.49. The van der Waals surface area contributed by atoms with E-state index in [1.54, 1.807) is 25.7 Å². The van der Waals surface area contributed by atoms with Crippen molar-refractivity contribution in [2.75, 3.05) is 14.2 Å². The van der Waals surface area contributed by atoms with Crippen LogP contribution in [0.5, 0.6) is 11.5 Å². The van der Waals surface area contributed by atoms with Crippen LogP contribution in [-0.2, 0) is 6.42 Å². The van der Waals surface area contributed by atoms with Crippen LogP contribution in [0.4, 0.5) is 0 Å². The first kappa shape index (κ1) is 13.5. The van der Waals surface area contributed by atoms with Crippen LogP contribution in [0.15, 0.2) is 23.6 Å². The van der Waals surface area contributed by atoms with E-state index < -0.39 is 0 Å². The molecule has 1 heterocycles. The van der Waals surface area contributed by atoms with Crippen molar-refractivity contribution < 1.29 is 14.3 Å². The van der Waals surface area contributed by atoms with Gasteiger partial charge in [-0.25, -0.2) is 4.98 Å². The van der Waals surface area contributed by atoms with Crippen LogP contribution < -0.4 is 9.47 Å². The number of rotatable bonds is 5. The lowest BCUT2D eigenvalue weighted by atomic mass is 10.1. The number of ketones is 1. The second-order valence-corrected chi connectivity index (χ2v) is 5.10. The monoisotopic (exact) mass is 277 g/mol. The van der Waals surface area contributed by atoms with Gasteiger partial charge >= 0.3 is 0 Å². The van der Waals surface area contributed by atoms with Crippen LogP contribution in [-0.4, -0.2) is 25.0 Å². The number of ether oxygens (including phenoxy) is 2. The van der Waals surface area contributed by atoms with Gasteiger partial charge < -0.3 is 9.47 Å². The number of nitrogens with zero attached hydrogens (tertiary/aromatic N) is 1. The van der Waals surface area contributed by atoms with E-state index >= 15 is 0 Å². The van der Waals surface area contributed by atoms with Crippen molar-refractivity contribution in [2.45, 2.75) is 13.3 Å².